The summed E-state index contributed by atoms with van der Waals surface area (Å²) in [4.78, 5) is 28.1. The van der Waals surface area contributed by atoms with Gasteiger partial charge in [0.05, 0.1) is 34.2 Å². The second kappa shape index (κ2) is 22.0. The summed E-state index contributed by atoms with van der Waals surface area (Å²) in [5, 5.41) is 0. The first-order chi connectivity index (χ1) is 19.5. The zero-order valence-electron chi connectivity index (χ0n) is 25.5. The van der Waals surface area contributed by atoms with Crippen LogP contribution in [0.5, 0.6) is 0 Å². The molecule has 0 amide bonds. The van der Waals surface area contributed by atoms with Crippen molar-refractivity contribution in [3.8, 4) is 22.8 Å². The first-order valence-electron chi connectivity index (χ1n) is 13.4. The van der Waals surface area contributed by atoms with Crippen LogP contribution in [0, 0.1) is 27.7 Å². The molecular formula is C34H32Cl4Co2N6. The number of hydrogen-bond donors (Lipinski definition) is 0. The third-order valence-electron chi connectivity index (χ3n) is 7.06. The zero-order chi connectivity index (χ0) is 27.9. The van der Waals surface area contributed by atoms with Crippen LogP contribution in [0.25, 0.3) is 22.8 Å². The van der Waals surface area contributed by atoms with E-state index in [2.05, 4.69) is 37.7 Å². The molecule has 0 atom stereocenters. The van der Waals surface area contributed by atoms with Gasteiger partial charge in [-0.05, 0) is 98.5 Å². The monoisotopic (exact) mass is 782 g/mol. The number of halogens is 4. The van der Waals surface area contributed by atoms with Gasteiger partial charge in [0.2, 0.25) is 0 Å². The Morgan fingerprint density at radius 2 is 0.826 bits per heavy atom. The number of nitrogens with zero attached hydrogens (tertiary/aromatic N) is 6. The molecule has 0 saturated heterocycles. The molecule has 1 aromatic carbocycles. The molecule has 2 radical (unpaired) electrons. The van der Waals surface area contributed by atoms with Gasteiger partial charge in [0.1, 0.15) is 0 Å². The predicted octanol–water partition coefficient (Wildman–Crippen LogP) is -4.26. The van der Waals surface area contributed by atoms with Crippen molar-refractivity contribution in [3.63, 3.8) is 0 Å². The molecule has 12 heteroatoms. The Morgan fingerprint density at radius 3 is 1.15 bits per heavy atom. The van der Waals surface area contributed by atoms with E-state index < -0.39 is 0 Å². The van der Waals surface area contributed by atoms with Crippen LogP contribution in [0.4, 0.5) is 11.4 Å². The molecule has 0 spiro atoms. The van der Waals surface area contributed by atoms with Crippen molar-refractivity contribution in [2.45, 2.75) is 40.5 Å². The summed E-state index contributed by atoms with van der Waals surface area (Å²) in [6, 6.07) is 23.7. The van der Waals surface area contributed by atoms with Crippen molar-refractivity contribution < 1.29 is 83.2 Å². The number of hydrogen-bond acceptors (Lipinski definition) is 6. The fraction of sp³-hybridized carbons (Fsp3) is 0.176. The molecule has 4 aromatic heterocycles. The second-order valence-electron chi connectivity index (χ2n) is 9.69. The largest absolute Gasteiger partial charge is 2.00 e. The third kappa shape index (κ3) is 11.2. The number of aromatic nitrogens is 4. The molecule has 0 aliphatic heterocycles. The Balaban J connectivity index is 0. The van der Waals surface area contributed by atoms with Crippen molar-refractivity contribution in [1.82, 2.24) is 19.9 Å². The molecule has 0 bridgehead atoms. The summed E-state index contributed by atoms with van der Waals surface area (Å²) in [6.07, 6.45) is 8.74. The number of benzene rings is 1. The number of aliphatic imine (C=N–C) groups is 2. The Morgan fingerprint density at radius 1 is 0.478 bits per heavy atom. The minimum Gasteiger partial charge on any atom is -1.00 e. The van der Waals surface area contributed by atoms with Crippen LogP contribution in [-0.2, 0) is 46.4 Å². The van der Waals surface area contributed by atoms with E-state index in [0.29, 0.717) is 12.8 Å². The van der Waals surface area contributed by atoms with Gasteiger partial charge >= 0.3 is 33.6 Å². The first kappa shape index (κ1) is 45.5. The van der Waals surface area contributed by atoms with E-state index in [0.717, 1.165) is 67.8 Å². The SMILES string of the molecule is Cc1c(C)c(N=CCc2cccc(-c3ccccn3)n2)c(C)c(C)c1N=CCc1cccc(-c2ccccn2)n1.[Cl-].[Cl-].[Cl-].[Cl-].[Co+2].[Co+2]. The Bertz CT molecular complexity index is 1550. The zero-order valence-corrected chi connectivity index (χ0v) is 30.6. The molecule has 0 unspecified atom stereocenters. The van der Waals surface area contributed by atoms with Crippen LogP contribution in [0.15, 0.2) is 95.2 Å². The quantitative estimate of drug-likeness (QED) is 0.150. The van der Waals surface area contributed by atoms with Crippen molar-refractivity contribution in [3.05, 3.63) is 119 Å². The Kier molecular flexibility index (Phi) is 21.7. The maximum atomic E-state index is 4.88. The molecule has 46 heavy (non-hydrogen) atoms. The minimum atomic E-state index is 0. The average molecular weight is 784 g/mol. The molecular weight excluding hydrogens is 752 g/mol. The topological polar surface area (TPSA) is 76.3 Å². The van der Waals surface area contributed by atoms with E-state index in [-0.39, 0.29) is 83.2 Å². The van der Waals surface area contributed by atoms with E-state index in [4.69, 9.17) is 20.0 Å². The molecule has 5 rings (SSSR count). The fourth-order valence-corrected chi connectivity index (χ4v) is 4.62. The summed E-state index contributed by atoms with van der Waals surface area (Å²) >= 11 is 0. The number of pyridine rings is 4. The van der Waals surface area contributed by atoms with Crippen molar-refractivity contribution >= 4 is 23.8 Å². The van der Waals surface area contributed by atoms with E-state index in [1.54, 1.807) is 12.4 Å². The molecule has 6 nitrogen and oxygen atoms in total. The van der Waals surface area contributed by atoms with Crippen molar-refractivity contribution in [2.24, 2.45) is 9.98 Å². The molecule has 0 aliphatic rings. The third-order valence-corrected chi connectivity index (χ3v) is 7.06. The van der Waals surface area contributed by atoms with Crippen molar-refractivity contribution in [1.29, 1.82) is 0 Å². The summed E-state index contributed by atoms with van der Waals surface area (Å²) in [5.41, 5.74) is 11.9. The smallest absolute Gasteiger partial charge is 1.00 e. The predicted molar refractivity (Wildman–Crippen MR) is 164 cm³/mol. The van der Waals surface area contributed by atoms with E-state index in [1.807, 2.05) is 85.2 Å². The molecule has 244 valence electrons. The van der Waals surface area contributed by atoms with Gasteiger partial charge in [-0.15, -0.1) is 0 Å². The van der Waals surface area contributed by atoms with E-state index in [9.17, 15) is 0 Å². The van der Waals surface area contributed by atoms with Gasteiger partial charge in [0.25, 0.3) is 0 Å². The molecule has 0 fully saturated rings. The van der Waals surface area contributed by atoms with Gasteiger partial charge in [-0.3, -0.25) is 29.9 Å². The molecule has 0 saturated carbocycles. The minimum absolute atomic E-state index is 0. The normalized spacial score (nSPS) is 10.0. The molecule has 4 heterocycles. The Hall–Kier alpha value is -2.67. The van der Waals surface area contributed by atoms with Crippen LogP contribution in [-0.4, -0.2) is 32.4 Å². The first-order valence-corrected chi connectivity index (χ1v) is 13.4. The van der Waals surface area contributed by atoms with Gasteiger partial charge in [-0.1, -0.05) is 24.3 Å². The standard InChI is InChI=1S/C34H32N6.4ClH.2Co/c1-23-24(2)34(38-22-18-28-12-10-16-32(40-28)30-14-6-8-20-36-30)26(4)25(3)33(23)37-21-17-27-11-9-15-31(39-27)29-13-5-7-19-35-29;;;;;;/h5-16,19-22H,17-18H2,1-4H3;4*1H;;/q;;;;;2*+2/p-4. The molecule has 0 N–H and O–H groups in total. The summed E-state index contributed by atoms with van der Waals surface area (Å²) in [6.45, 7) is 8.47. The molecule has 0 aliphatic carbocycles. The van der Waals surface area contributed by atoms with E-state index >= 15 is 0 Å². The van der Waals surface area contributed by atoms with Crippen LogP contribution < -0.4 is 49.6 Å². The van der Waals surface area contributed by atoms with Gasteiger partial charge in [0, 0.05) is 49.1 Å². The average Bonchev–Trinajstić information content (AvgIpc) is 3.01. The van der Waals surface area contributed by atoms with E-state index in [1.165, 1.54) is 0 Å². The van der Waals surface area contributed by atoms with Crippen molar-refractivity contribution in [2.75, 3.05) is 0 Å². The number of rotatable bonds is 8. The van der Waals surface area contributed by atoms with Gasteiger partial charge in [-0.25, -0.2) is 0 Å². The fourth-order valence-electron chi connectivity index (χ4n) is 4.62. The summed E-state index contributed by atoms with van der Waals surface area (Å²) in [7, 11) is 0. The van der Waals surface area contributed by atoms with Crippen LogP contribution in [0.2, 0.25) is 0 Å². The summed E-state index contributed by atoms with van der Waals surface area (Å²) < 4.78 is 0. The second-order valence-corrected chi connectivity index (χ2v) is 9.69. The maximum Gasteiger partial charge on any atom is 2.00 e. The Labute approximate surface area is 317 Å². The van der Waals surface area contributed by atoms with Crippen LogP contribution in [0.1, 0.15) is 33.6 Å². The van der Waals surface area contributed by atoms with Crippen LogP contribution in [0.3, 0.4) is 0 Å². The van der Waals surface area contributed by atoms with Gasteiger partial charge in [-0.2, -0.15) is 0 Å². The van der Waals surface area contributed by atoms with Crippen LogP contribution >= 0.6 is 0 Å². The molecule has 5 aromatic rings. The van der Waals surface area contributed by atoms with Gasteiger partial charge in [0.15, 0.2) is 0 Å². The maximum absolute atomic E-state index is 4.88. The summed E-state index contributed by atoms with van der Waals surface area (Å²) in [5.74, 6) is 0. The van der Waals surface area contributed by atoms with Gasteiger partial charge < -0.3 is 49.6 Å².